The minimum atomic E-state index is -1.29. The number of carbonyl (C=O) groups is 6. The average Bonchev–Trinajstić information content (AvgIpc) is 3.16. The summed E-state index contributed by atoms with van der Waals surface area (Å²) in [6.07, 6.45) is -0.757. The van der Waals surface area contributed by atoms with Gasteiger partial charge < -0.3 is 37.6 Å². The molecule has 15 heteroatoms. The second-order valence-electron chi connectivity index (χ2n) is 16.9. The predicted molar refractivity (Wildman–Crippen MR) is 225 cm³/mol. The maximum absolute atomic E-state index is 14.6. The normalized spacial score (nSPS) is 11.7. The molecular formula is C45H53F2N5O8. The van der Waals surface area contributed by atoms with Crippen LogP contribution < -0.4 is 27.4 Å². The first-order chi connectivity index (χ1) is 27.7. The van der Waals surface area contributed by atoms with E-state index in [-0.39, 0.29) is 84.8 Å². The number of hydrogen-bond donors (Lipinski definition) is 7. The lowest BCUT2D eigenvalue weighted by molar-refractivity contribution is 0.0695. The number of amides is 5. The van der Waals surface area contributed by atoms with Crippen LogP contribution in [0.1, 0.15) is 122 Å². The van der Waals surface area contributed by atoms with E-state index < -0.39 is 41.4 Å². The van der Waals surface area contributed by atoms with Crippen molar-refractivity contribution in [1.29, 1.82) is 0 Å². The highest BCUT2D eigenvalue weighted by Crippen LogP contribution is 2.32. The van der Waals surface area contributed by atoms with Gasteiger partial charge in [-0.05, 0) is 114 Å². The largest absolute Gasteiger partial charge is 0.478 e. The third-order valence-corrected chi connectivity index (χ3v) is 8.99. The number of aliphatic hydroxyl groups excluding tert-OH is 1. The first kappa shape index (κ1) is 47.9. The molecule has 13 nitrogen and oxygen atoms in total. The van der Waals surface area contributed by atoms with E-state index in [0.717, 1.165) is 12.1 Å². The number of halogens is 2. The highest BCUT2D eigenvalue weighted by Gasteiger charge is 2.22. The summed E-state index contributed by atoms with van der Waals surface area (Å²) in [5.41, 5.74) is 12.6. The number of primary amides is 2. The number of benzene rings is 4. The van der Waals surface area contributed by atoms with Crippen molar-refractivity contribution >= 4 is 35.5 Å². The number of carboxylic acid groups (broad SMARTS) is 1. The lowest BCUT2D eigenvalue weighted by atomic mass is 9.92. The molecule has 0 aliphatic rings. The Morgan fingerprint density at radius 1 is 0.583 bits per heavy atom. The summed E-state index contributed by atoms with van der Waals surface area (Å²) in [4.78, 5) is 72.7. The van der Waals surface area contributed by atoms with E-state index in [1.807, 2.05) is 41.5 Å². The van der Waals surface area contributed by atoms with E-state index in [9.17, 15) is 47.8 Å². The summed E-state index contributed by atoms with van der Waals surface area (Å²) in [7, 11) is 0. The fourth-order valence-electron chi connectivity index (χ4n) is 5.66. The number of carboxylic acids is 1. The maximum Gasteiger partial charge on any atom is 0.335 e. The number of rotatable bonds is 12. The minimum Gasteiger partial charge on any atom is -0.478 e. The lowest BCUT2D eigenvalue weighted by Gasteiger charge is -2.19. The number of nitrogens with two attached hydrogens (primary N) is 2. The van der Waals surface area contributed by atoms with E-state index in [2.05, 4.69) is 16.0 Å². The van der Waals surface area contributed by atoms with Gasteiger partial charge in [-0.2, -0.15) is 0 Å². The Morgan fingerprint density at radius 3 is 1.30 bits per heavy atom. The molecule has 4 rings (SSSR count). The van der Waals surface area contributed by atoms with Gasteiger partial charge in [0.05, 0.1) is 11.7 Å². The summed E-state index contributed by atoms with van der Waals surface area (Å²) < 4.78 is 28.8. The molecule has 9 N–H and O–H groups in total. The second-order valence-corrected chi connectivity index (χ2v) is 16.9. The topological polar surface area (TPSA) is 231 Å². The molecule has 60 heavy (non-hydrogen) atoms. The summed E-state index contributed by atoms with van der Waals surface area (Å²) >= 11 is 0. The van der Waals surface area contributed by atoms with Crippen LogP contribution in [0.2, 0.25) is 0 Å². The van der Waals surface area contributed by atoms with Crippen molar-refractivity contribution in [1.82, 2.24) is 16.0 Å². The Bertz CT molecular complexity index is 2330. The van der Waals surface area contributed by atoms with Crippen molar-refractivity contribution in [3.63, 3.8) is 0 Å². The zero-order chi connectivity index (χ0) is 45.4. The summed E-state index contributed by atoms with van der Waals surface area (Å²) in [6.45, 7) is 17.2. The van der Waals surface area contributed by atoms with Crippen molar-refractivity contribution < 1.29 is 47.8 Å². The third kappa shape index (κ3) is 13.0. The molecule has 0 bridgehead atoms. The Labute approximate surface area is 347 Å². The molecular weight excluding hydrogens is 777 g/mol. The molecule has 4 aromatic carbocycles. The van der Waals surface area contributed by atoms with Gasteiger partial charge >= 0.3 is 5.97 Å². The first-order valence-electron chi connectivity index (χ1n) is 19.0. The molecule has 0 fully saturated rings. The van der Waals surface area contributed by atoms with Gasteiger partial charge in [0.15, 0.2) is 0 Å². The molecule has 0 aliphatic heterocycles. The predicted octanol–water partition coefficient (Wildman–Crippen LogP) is 6.16. The zero-order valence-corrected chi connectivity index (χ0v) is 35.2. The van der Waals surface area contributed by atoms with E-state index in [1.54, 1.807) is 0 Å². The highest BCUT2D eigenvalue weighted by atomic mass is 19.1. The molecule has 0 aliphatic carbocycles. The van der Waals surface area contributed by atoms with Gasteiger partial charge in [0, 0.05) is 47.5 Å². The molecule has 0 unspecified atom stereocenters. The zero-order valence-electron chi connectivity index (χ0n) is 35.2. The van der Waals surface area contributed by atoms with Gasteiger partial charge in [0.25, 0.3) is 17.7 Å². The van der Waals surface area contributed by atoms with Crippen molar-refractivity contribution in [2.24, 2.45) is 22.3 Å². The Hall–Kier alpha value is -6.48. The number of aliphatic hydroxyl groups is 1. The van der Waals surface area contributed by atoms with Crippen LogP contribution >= 0.6 is 0 Å². The van der Waals surface area contributed by atoms with Crippen LogP contribution in [0.15, 0.2) is 60.7 Å². The van der Waals surface area contributed by atoms with E-state index in [0.29, 0.717) is 24.2 Å². The van der Waals surface area contributed by atoms with Gasteiger partial charge in [0.2, 0.25) is 11.8 Å². The highest BCUT2D eigenvalue weighted by molar-refractivity contribution is 6.06. The smallest absolute Gasteiger partial charge is 0.335 e. The van der Waals surface area contributed by atoms with Crippen molar-refractivity contribution in [2.75, 3.05) is 19.6 Å². The molecule has 0 radical (unpaired) electrons. The van der Waals surface area contributed by atoms with Crippen molar-refractivity contribution in [3.05, 3.63) is 117 Å². The van der Waals surface area contributed by atoms with Crippen LogP contribution in [-0.2, 0) is 0 Å². The molecule has 0 saturated heterocycles. The van der Waals surface area contributed by atoms with Crippen LogP contribution in [0.25, 0.3) is 22.3 Å². The van der Waals surface area contributed by atoms with Crippen LogP contribution in [0.3, 0.4) is 0 Å². The Morgan fingerprint density at radius 2 is 0.950 bits per heavy atom. The lowest BCUT2D eigenvalue weighted by Crippen LogP contribution is -2.32. The number of carbonyl (C=O) groups excluding carboxylic acids is 5. The van der Waals surface area contributed by atoms with E-state index in [1.165, 1.54) is 69.3 Å². The molecule has 1 atom stereocenters. The fourth-order valence-corrected chi connectivity index (χ4v) is 5.66. The molecule has 0 heterocycles. The Balaban J connectivity index is 0.000000323. The van der Waals surface area contributed by atoms with Crippen LogP contribution in [0.5, 0.6) is 0 Å². The molecule has 0 spiro atoms. The minimum absolute atomic E-state index is 0.00782. The van der Waals surface area contributed by atoms with Crippen LogP contribution in [-0.4, -0.2) is 71.5 Å². The standard InChI is InChI=1S/C24H30FN3O4.C21H23FN2O4/c1-13(29)11-27-23(32)16-9-18(14(2)20(25)10-16)17-7-6-15(8-19(17)21(26)30)22(31)28-12-24(3,4)5;1-11-15(8-13(20(27)28)9-17(11)22)14-6-5-12(7-16(14)18(23)25)19(26)24-10-21(2,3)4/h6-10,13,29H,11-12H2,1-5H3,(H2,26,30)(H,27,32)(H,28,31);5-9H,10H2,1-4H3,(H2,23,25)(H,24,26)(H,27,28)/t13-;/m0./s1. The third-order valence-electron chi connectivity index (χ3n) is 8.99. The average molecular weight is 830 g/mol. The molecule has 0 saturated carbocycles. The maximum atomic E-state index is 14.6. The number of aromatic carboxylic acids is 1. The molecule has 0 aromatic heterocycles. The Kier molecular flexibility index (Phi) is 15.6. The first-order valence-corrected chi connectivity index (χ1v) is 19.0. The van der Waals surface area contributed by atoms with Crippen molar-refractivity contribution in [3.8, 4) is 22.3 Å². The second kappa shape index (κ2) is 19.5. The monoisotopic (exact) mass is 829 g/mol. The molecule has 5 amide bonds. The quantitative estimate of drug-likeness (QED) is 0.0872. The van der Waals surface area contributed by atoms with Crippen LogP contribution in [0.4, 0.5) is 8.78 Å². The molecule has 320 valence electrons. The van der Waals surface area contributed by atoms with Gasteiger partial charge in [-0.25, -0.2) is 13.6 Å². The van der Waals surface area contributed by atoms with Gasteiger partial charge in [-0.15, -0.1) is 0 Å². The van der Waals surface area contributed by atoms with Gasteiger partial charge in [-0.1, -0.05) is 53.7 Å². The van der Waals surface area contributed by atoms with E-state index in [4.69, 9.17) is 11.5 Å². The summed E-state index contributed by atoms with van der Waals surface area (Å²) in [6, 6.07) is 13.5. The van der Waals surface area contributed by atoms with Crippen LogP contribution in [0, 0.1) is 36.3 Å². The van der Waals surface area contributed by atoms with Gasteiger partial charge in [0.1, 0.15) is 11.6 Å². The van der Waals surface area contributed by atoms with Crippen molar-refractivity contribution in [2.45, 2.75) is 68.4 Å². The summed E-state index contributed by atoms with van der Waals surface area (Å²) in [5, 5.41) is 26.6. The van der Waals surface area contributed by atoms with Gasteiger partial charge in [-0.3, -0.25) is 24.0 Å². The van der Waals surface area contributed by atoms with E-state index >= 15 is 0 Å². The number of nitrogens with one attached hydrogen (secondary N) is 3. The fraction of sp³-hybridized carbons (Fsp3) is 0.333. The SMILES string of the molecule is Cc1c(F)cc(C(=O)NC[C@H](C)O)cc1-c1ccc(C(=O)NCC(C)(C)C)cc1C(N)=O.Cc1c(F)cc(C(=O)O)cc1-c1ccc(C(=O)NCC(C)(C)C)cc1C(N)=O. The summed E-state index contributed by atoms with van der Waals surface area (Å²) in [5.74, 6) is -5.52. The molecule has 4 aromatic rings. The number of hydrogen-bond acceptors (Lipinski definition) is 7.